The van der Waals surface area contributed by atoms with E-state index in [0.29, 0.717) is 12.2 Å². The summed E-state index contributed by atoms with van der Waals surface area (Å²) < 4.78 is 5.08. The molecule has 5 heteroatoms. The highest BCUT2D eigenvalue weighted by molar-refractivity contribution is 5.90. The van der Waals surface area contributed by atoms with Gasteiger partial charge >= 0.3 is 6.03 Å². The second kappa shape index (κ2) is 6.79. The number of hydrogen-bond acceptors (Lipinski definition) is 3. The minimum absolute atomic E-state index is 0.273. The number of methoxy groups -OCH3 is 1. The van der Waals surface area contributed by atoms with E-state index in [2.05, 4.69) is 15.6 Å². The molecule has 3 rings (SSSR count). The highest BCUT2D eigenvalue weighted by Gasteiger charge is 2.05. The number of amides is 2. The van der Waals surface area contributed by atoms with Crippen LogP contribution in [-0.4, -0.2) is 18.1 Å². The number of urea groups is 1. The molecule has 0 radical (unpaired) electrons. The maximum Gasteiger partial charge on any atom is 0.319 e. The molecule has 0 unspecified atom stereocenters. The second-order valence-corrected chi connectivity index (χ2v) is 5.01. The zero-order valence-corrected chi connectivity index (χ0v) is 12.7. The van der Waals surface area contributed by atoms with Crippen LogP contribution in [0.4, 0.5) is 10.5 Å². The van der Waals surface area contributed by atoms with Gasteiger partial charge in [0.1, 0.15) is 5.75 Å². The molecule has 116 valence electrons. The summed E-state index contributed by atoms with van der Waals surface area (Å²) in [5.41, 5.74) is 1.54. The Labute approximate surface area is 134 Å². The fourth-order valence-corrected chi connectivity index (χ4v) is 2.34. The molecule has 23 heavy (non-hydrogen) atoms. The van der Waals surface area contributed by atoms with Gasteiger partial charge in [-0.15, -0.1) is 0 Å². The molecule has 2 amide bonds. The fraction of sp³-hybridized carbons (Fsp3) is 0.111. The van der Waals surface area contributed by atoms with Gasteiger partial charge in [0.05, 0.1) is 19.3 Å². The molecule has 0 saturated heterocycles. The molecule has 0 aliphatic heterocycles. The van der Waals surface area contributed by atoms with Gasteiger partial charge in [-0.2, -0.15) is 0 Å². The molecule has 0 spiro atoms. The van der Waals surface area contributed by atoms with Crippen molar-refractivity contribution in [2.45, 2.75) is 6.54 Å². The average Bonchev–Trinajstić information content (AvgIpc) is 2.60. The molecule has 2 aromatic carbocycles. The third-order valence-electron chi connectivity index (χ3n) is 3.52. The third kappa shape index (κ3) is 3.58. The highest BCUT2D eigenvalue weighted by atomic mass is 16.5. The first kappa shape index (κ1) is 14.8. The van der Waals surface area contributed by atoms with Crippen LogP contribution in [0.25, 0.3) is 10.8 Å². The fourth-order valence-electron chi connectivity index (χ4n) is 2.34. The van der Waals surface area contributed by atoms with Gasteiger partial charge in [0.25, 0.3) is 0 Å². The first-order valence-electron chi connectivity index (χ1n) is 7.28. The number of nitrogens with one attached hydrogen (secondary N) is 2. The number of hydrogen-bond donors (Lipinski definition) is 2. The minimum atomic E-state index is -0.273. The van der Waals surface area contributed by atoms with Crippen molar-refractivity contribution in [2.75, 3.05) is 12.4 Å². The van der Waals surface area contributed by atoms with Gasteiger partial charge in [0.2, 0.25) is 0 Å². The number of pyridine rings is 1. The van der Waals surface area contributed by atoms with Gasteiger partial charge in [-0.25, -0.2) is 4.79 Å². The van der Waals surface area contributed by atoms with Gasteiger partial charge in [0.15, 0.2) is 0 Å². The van der Waals surface area contributed by atoms with E-state index in [1.807, 2.05) is 30.3 Å². The van der Waals surface area contributed by atoms with Crippen LogP contribution in [0.2, 0.25) is 0 Å². The van der Waals surface area contributed by atoms with Crippen LogP contribution in [-0.2, 0) is 6.54 Å². The molecular formula is C18H17N3O2. The van der Waals surface area contributed by atoms with Crippen LogP contribution >= 0.6 is 0 Å². The van der Waals surface area contributed by atoms with Gasteiger partial charge in [-0.1, -0.05) is 24.3 Å². The third-order valence-corrected chi connectivity index (χ3v) is 3.52. The summed E-state index contributed by atoms with van der Waals surface area (Å²) in [6.45, 7) is 0.364. The molecule has 3 aromatic rings. The monoisotopic (exact) mass is 307 g/mol. The normalized spacial score (nSPS) is 10.3. The van der Waals surface area contributed by atoms with Crippen molar-refractivity contribution in [3.05, 3.63) is 66.5 Å². The van der Waals surface area contributed by atoms with Crippen LogP contribution < -0.4 is 15.4 Å². The van der Waals surface area contributed by atoms with Crippen LogP contribution in [0, 0.1) is 0 Å². The maximum absolute atomic E-state index is 12.0. The minimum Gasteiger partial charge on any atom is -0.497 e. The van der Waals surface area contributed by atoms with Crippen molar-refractivity contribution < 1.29 is 9.53 Å². The Balaban J connectivity index is 1.63. The van der Waals surface area contributed by atoms with Crippen LogP contribution in [0.3, 0.4) is 0 Å². The summed E-state index contributed by atoms with van der Waals surface area (Å²) >= 11 is 0. The van der Waals surface area contributed by atoms with E-state index in [4.69, 9.17) is 4.74 Å². The summed E-state index contributed by atoms with van der Waals surface area (Å²) in [6, 6.07) is 16.8. The van der Waals surface area contributed by atoms with E-state index < -0.39 is 0 Å². The van der Waals surface area contributed by atoms with Crippen LogP contribution in [0.15, 0.2) is 60.8 Å². The number of nitrogens with zero attached hydrogens (tertiary/aromatic N) is 1. The van der Waals surface area contributed by atoms with E-state index >= 15 is 0 Å². The summed E-state index contributed by atoms with van der Waals surface area (Å²) in [5.74, 6) is 0.746. The Morgan fingerprint density at radius 3 is 2.65 bits per heavy atom. The molecule has 5 nitrogen and oxygen atoms in total. The molecule has 0 bridgehead atoms. The summed E-state index contributed by atoms with van der Waals surface area (Å²) in [5, 5.41) is 7.75. The smallest absolute Gasteiger partial charge is 0.319 e. The first-order chi connectivity index (χ1) is 11.3. The zero-order valence-electron chi connectivity index (χ0n) is 12.7. The number of rotatable bonds is 4. The Hall–Kier alpha value is -3.08. The van der Waals surface area contributed by atoms with Crippen molar-refractivity contribution in [1.29, 1.82) is 0 Å². The molecular weight excluding hydrogens is 290 g/mol. The van der Waals surface area contributed by atoms with Gasteiger partial charge in [-0.05, 0) is 35.7 Å². The predicted molar refractivity (Wildman–Crippen MR) is 90.6 cm³/mol. The second-order valence-electron chi connectivity index (χ2n) is 5.01. The largest absolute Gasteiger partial charge is 0.497 e. The maximum atomic E-state index is 12.0. The van der Waals surface area contributed by atoms with E-state index in [1.165, 1.54) is 0 Å². The molecule has 1 heterocycles. The Kier molecular flexibility index (Phi) is 4.38. The number of aromatic nitrogens is 1. The van der Waals surface area contributed by atoms with Crippen molar-refractivity contribution in [3.8, 4) is 5.75 Å². The lowest BCUT2D eigenvalue weighted by Gasteiger charge is -2.09. The number of carbonyl (C=O) groups is 1. The standard InChI is InChI=1S/C18H17N3O2/c1-23-15-8-6-14(7-9-15)21-18(22)20-12-17-16-5-3-2-4-13(16)10-11-19-17/h2-11H,12H2,1H3,(H2,20,21,22). The molecule has 0 aliphatic carbocycles. The summed E-state index contributed by atoms with van der Waals surface area (Å²) in [7, 11) is 1.60. The number of fused-ring (bicyclic) bond motifs is 1. The lowest BCUT2D eigenvalue weighted by atomic mass is 10.1. The van der Waals surface area contributed by atoms with Crippen molar-refractivity contribution >= 4 is 22.5 Å². The number of ether oxygens (including phenoxy) is 1. The molecule has 0 saturated carbocycles. The Morgan fingerprint density at radius 1 is 1.09 bits per heavy atom. The first-order valence-corrected chi connectivity index (χ1v) is 7.28. The molecule has 0 aliphatic rings. The van der Waals surface area contributed by atoms with Crippen molar-refractivity contribution in [3.63, 3.8) is 0 Å². The number of carbonyl (C=O) groups excluding carboxylic acids is 1. The van der Waals surface area contributed by atoms with Gasteiger partial charge in [0, 0.05) is 17.3 Å². The van der Waals surface area contributed by atoms with Crippen LogP contribution in [0.5, 0.6) is 5.75 Å². The van der Waals surface area contributed by atoms with Crippen LogP contribution in [0.1, 0.15) is 5.69 Å². The summed E-state index contributed by atoms with van der Waals surface area (Å²) in [6.07, 6.45) is 1.75. The molecule has 0 atom stereocenters. The van der Waals surface area contributed by atoms with Crippen molar-refractivity contribution in [2.24, 2.45) is 0 Å². The van der Waals surface area contributed by atoms with Gasteiger partial charge in [-0.3, -0.25) is 4.98 Å². The molecule has 2 N–H and O–H groups in total. The van der Waals surface area contributed by atoms with E-state index in [1.54, 1.807) is 37.6 Å². The molecule has 0 fully saturated rings. The lowest BCUT2D eigenvalue weighted by molar-refractivity contribution is 0.251. The summed E-state index contributed by atoms with van der Waals surface area (Å²) in [4.78, 5) is 16.3. The lowest BCUT2D eigenvalue weighted by Crippen LogP contribution is -2.28. The Bertz CT molecular complexity index is 811. The van der Waals surface area contributed by atoms with Gasteiger partial charge < -0.3 is 15.4 Å². The average molecular weight is 307 g/mol. The van der Waals surface area contributed by atoms with E-state index in [-0.39, 0.29) is 6.03 Å². The molecule has 1 aromatic heterocycles. The Morgan fingerprint density at radius 2 is 1.87 bits per heavy atom. The topological polar surface area (TPSA) is 63.2 Å². The SMILES string of the molecule is COc1ccc(NC(=O)NCc2nccc3ccccc23)cc1. The quantitative estimate of drug-likeness (QED) is 0.774. The number of benzene rings is 2. The van der Waals surface area contributed by atoms with Crippen molar-refractivity contribution in [1.82, 2.24) is 10.3 Å². The van der Waals surface area contributed by atoms with E-state index in [0.717, 1.165) is 22.2 Å². The number of anilines is 1. The zero-order chi connectivity index (χ0) is 16.1. The van der Waals surface area contributed by atoms with E-state index in [9.17, 15) is 4.79 Å². The predicted octanol–water partition coefficient (Wildman–Crippen LogP) is 3.57. The highest BCUT2D eigenvalue weighted by Crippen LogP contribution is 2.17.